The highest BCUT2D eigenvalue weighted by molar-refractivity contribution is 7.17. The Morgan fingerprint density at radius 2 is 1.66 bits per heavy atom. The van der Waals surface area contributed by atoms with Crippen molar-refractivity contribution in [2.24, 2.45) is 0 Å². The molecule has 2 fully saturated rings. The van der Waals surface area contributed by atoms with Crippen LogP contribution in [0.15, 0.2) is 64.2 Å². The first-order chi connectivity index (χ1) is 19.9. The van der Waals surface area contributed by atoms with Crippen molar-refractivity contribution in [3.63, 3.8) is 0 Å². The molecule has 2 aromatic carbocycles. The number of likely N-dealkylation sites (tertiary alicyclic amines) is 1. The van der Waals surface area contributed by atoms with Crippen molar-refractivity contribution in [1.82, 2.24) is 25.1 Å². The normalized spacial score (nSPS) is 17.1. The molecule has 0 aliphatic carbocycles. The van der Waals surface area contributed by atoms with E-state index in [0.29, 0.717) is 53.2 Å². The van der Waals surface area contributed by atoms with Crippen LogP contribution in [0.5, 0.6) is 0 Å². The van der Waals surface area contributed by atoms with Gasteiger partial charge in [0, 0.05) is 48.9 Å². The summed E-state index contributed by atoms with van der Waals surface area (Å²) in [5, 5.41) is 6.12. The zero-order chi connectivity index (χ0) is 28.5. The molecular formula is C29H28N6O5S. The number of thiophene rings is 1. The smallest absolute Gasteiger partial charge is 0.314 e. The fraction of sp³-hybridized carbons (Fsp3) is 0.276. The van der Waals surface area contributed by atoms with E-state index < -0.39 is 17.2 Å². The molecule has 6 rings (SSSR count). The zero-order valence-corrected chi connectivity index (χ0v) is 22.9. The zero-order valence-electron chi connectivity index (χ0n) is 22.1. The molecule has 0 spiro atoms. The maximum Gasteiger partial charge on any atom is 0.314 e. The summed E-state index contributed by atoms with van der Waals surface area (Å²) in [5.74, 6) is -0.483. The molecule has 4 N–H and O–H groups in total. The van der Waals surface area contributed by atoms with E-state index in [1.807, 2.05) is 29.2 Å². The lowest BCUT2D eigenvalue weighted by Gasteiger charge is -2.32. The molecule has 2 aliphatic heterocycles. The number of fused-ring (bicyclic) bond motifs is 1. The first kappa shape index (κ1) is 26.7. The number of aromatic nitrogens is 2. The van der Waals surface area contributed by atoms with Gasteiger partial charge in [-0.1, -0.05) is 12.1 Å². The van der Waals surface area contributed by atoms with E-state index in [0.717, 1.165) is 30.0 Å². The van der Waals surface area contributed by atoms with E-state index >= 15 is 0 Å². The Morgan fingerprint density at radius 1 is 0.878 bits per heavy atom. The highest BCUT2D eigenvalue weighted by atomic mass is 32.1. The number of carbonyl (C=O) groups is 3. The Morgan fingerprint density at radius 3 is 2.46 bits per heavy atom. The van der Waals surface area contributed by atoms with Crippen LogP contribution >= 0.6 is 11.3 Å². The summed E-state index contributed by atoms with van der Waals surface area (Å²) in [7, 11) is 0. The minimum atomic E-state index is -0.789. The number of rotatable bonds is 5. The van der Waals surface area contributed by atoms with Crippen molar-refractivity contribution in [3.05, 3.63) is 85.7 Å². The van der Waals surface area contributed by atoms with Gasteiger partial charge in [-0.3, -0.25) is 24.0 Å². The third kappa shape index (κ3) is 5.43. The number of nitrogens with one attached hydrogen (secondary N) is 4. The fourth-order valence-corrected chi connectivity index (χ4v) is 6.28. The molecule has 41 heavy (non-hydrogen) atoms. The van der Waals surface area contributed by atoms with Crippen LogP contribution in [-0.2, 0) is 4.79 Å². The van der Waals surface area contributed by atoms with Crippen LogP contribution in [0.4, 0.5) is 5.69 Å². The van der Waals surface area contributed by atoms with Crippen LogP contribution in [-0.4, -0.2) is 76.3 Å². The average Bonchev–Trinajstić information content (AvgIpc) is 3.68. The molecular weight excluding hydrogens is 544 g/mol. The van der Waals surface area contributed by atoms with Gasteiger partial charge in [0.25, 0.3) is 11.8 Å². The second-order valence-electron chi connectivity index (χ2n) is 10.1. The minimum absolute atomic E-state index is 0.0311. The lowest BCUT2D eigenvalue weighted by atomic mass is 10.1. The molecule has 0 saturated carbocycles. The van der Waals surface area contributed by atoms with Crippen molar-refractivity contribution in [2.45, 2.75) is 18.9 Å². The highest BCUT2D eigenvalue weighted by Gasteiger charge is 2.37. The first-order valence-corrected chi connectivity index (χ1v) is 14.3. The summed E-state index contributed by atoms with van der Waals surface area (Å²) in [4.78, 5) is 72.7. The van der Waals surface area contributed by atoms with Crippen molar-refractivity contribution in [2.75, 3.05) is 38.0 Å². The van der Waals surface area contributed by atoms with E-state index in [-0.39, 0.29) is 17.7 Å². The number of hydrogen-bond acceptors (Lipinski definition) is 7. The number of nitrogens with zero attached hydrogens (tertiary/aromatic N) is 2. The van der Waals surface area contributed by atoms with Gasteiger partial charge in [0.1, 0.15) is 6.04 Å². The van der Waals surface area contributed by atoms with Crippen molar-refractivity contribution < 1.29 is 14.4 Å². The summed E-state index contributed by atoms with van der Waals surface area (Å²) in [6, 6.07) is 15.2. The first-order valence-electron chi connectivity index (χ1n) is 13.5. The summed E-state index contributed by atoms with van der Waals surface area (Å²) in [5.41, 5.74) is 0.931. The number of anilines is 1. The Hall–Kier alpha value is -4.55. The Labute approximate surface area is 238 Å². The second kappa shape index (κ2) is 11.1. The molecule has 2 aliphatic rings. The molecule has 4 heterocycles. The van der Waals surface area contributed by atoms with E-state index in [1.54, 1.807) is 29.2 Å². The molecule has 2 aromatic heterocycles. The largest absolute Gasteiger partial charge is 0.338 e. The fourth-order valence-electron chi connectivity index (χ4n) is 5.32. The molecule has 2 saturated heterocycles. The molecule has 3 amide bonds. The maximum atomic E-state index is 13.4. The monoisotopic (exact) mass is 572 g/mol. The predicted molar refractivity (Wildman–Crippen MR) is 156 cm³/mol. The van der Waals surface area contributed by atoms with Gasteiger partial charge in [0.05, 0.1) is 15.9 Å². The number of aromatic amines is 2. The number of hydrogen-bond donors (Lipinski definition) is 4. The van der Waals surface area contributed by atoms with E-state index in [1.165, 1.54) is 17.4 Å². The van der Waals surface area contributed by atoms with E-state index in [4.69, 9.17) is 0 Å². The van der Waals surface area contributed by atoms with E-state index in [9.17, 15) is 24.0 Å². The molecule has 0 bridgehead atoms. The second-order valence-corrected chi connectivity index (χ2v) is 11.2. The molecule has 1 atom stereocenters. The number of benzene rings is 2. The molecule has 11 nitrogen and oxygen atoms in total. The molecule has 0 unspecified atom stereocenters. The van der Waals surface area contributed by atoms with Crippen LogP contribution < -0.4 is 21.8 Å². The van der Waals surface area contributed by atoms with Gasteiger partial charge in [-0.05, 0) is 60.9 Å². The number of amides is 3. The summed E-state index contributed by atoms with van der Waals surface area (Å²) in [6.07, 6.45) is 1.49. The van der Waals surface area contributed by atoms with Crippen LogP contribution in [0.25, 0.3) is 21.5 Å². The summed E-state index contributed by atoms with van der Waals surface area (Å²) >= 11 is 1.36. The quantitative estimate of drug-likeness (QED) is 0.270. The van der Waals surface area contributed by atoms with Gasteiger partial charge in [-0.15, -0.1) is 11.3 Å². The van der Waals surface area contributed by atoms with Gasteiger partial charge in [-0.25, -0.2) is 0 Å². The Kier molecular flexibility index (Phi) is 7.25. The lowest BCUT2D eigenvalue weighted by Crippen LogP contribution is -2.53. The third-order valence-electron chi connectivity index (χ3n) is 7.43. The van der Waals surface area contributed by atoms with Crippen LogP contribution in [0.3, 0.4) is 0 Å². The van der Waals surface area contributed by atoms with Gasteiger partial charge in [-0.2, -0.15) is 0 Å². The number of carbonyl (C=O) groups excluding carboxylic acids is 3. The third-order valence-corrected chi connectivity index (χ3v) is 8.56. The van der Waals surface area contributed by atoms with Crippen LogP contribution in [0.2, 0.25) is 0 Å². The van der Waals surface area contributed by atoms with Crippen molar-refractivity contribution in [3.8, 4) is 10.4 Å². The summed E-state index contributed by atoms with van der Waals surface area (Å²) in [6.45, 7) is 3.43. The predicted octanol–water partition coefficient (Wildman–Crippen LogP) is 2.23. The lowest BCUT2D eigenvalue weighted by molar-refractivity contribution is -0.135. The molecule has 12 heteroatoms. The van der Waals surface area contributed by atoms with Gasteiger partial charge in [0.2, 0.25) is 5.91 Å². The van der Waals surface area contributed by atoms with Crippen LogP contribution in [0, 0.1) is 0 Å². The molecule has 4 aromatic rings. The van der Waals surface area contributed by atoms with Crippen molar-refractivity contribution in [1.29, 1.82) is 0 Å². The highest BCUT2D eigenvalue weighted by Crippen LogP contribution is 2.32. The average molecular weight is 573 g/mol. The van der Waals surface area contributed by atoms with Gasteiger partial charge in [0.15, 0.2) is 0 Å². The SMILES string of the molecule is O=C(Nc1cccc(-c2ccc(C(=O)N3CCC[C@H]3C(=O)N3CCNCC3)s2)c1)c1ccc2[nH]c(=O)c(=O)[nH]c2c1. The minimum Gasteiger partial charge on any atom is -0.338 e. The number of piperazine rings is 1. The molecule has 210 valence electrons. The van der Waals surface area contributed by atoms with E-state index in [2.05, 4.69) is 20.6 Å². The molecule has 0 radical (unpaired) electrons. The maximum absolute atomic E-state index is 13.4. The topological polar surface area (TPSA) is 147 Å². The Balaban J connectivity index is 1.16. The van der Waals surface area contributed by atoms with Gasteiger partial charge < -0.3 is 30.4 Å². The number of H-pyrrole nitrogens is 2. The summed E-state index contributed by atoms with van der Waals surface area (Å²) < 4.78 is 0. The Bertz CT molecular complexity index is 1770. The van der Waals surface area contributed by atoms with Crippen LogP contribution in [0.1, 0.15) is 32.9 Å². The van der Waals surface area contributed by atoms with Gasteiger partial charge >= 0.3 is 11.1 Å². The van der Waals surface area contributed by atoms with Crippen molar-refractivity contribution >= 4 is 45.8 Å². The standard InChI is InChI=1S/C29H28N6O5S/c36-25(18-6-7-20-21(16-18)33-27(38)26(37)32-20)31-19-4-1-3-17(15-19)23-8-9-24(41-23)29(40)35-12-2-5-22(35)28(39)34-13-10-30-11-14-34/h1,3-4,6-9,15-16,22,30H,2,5,10-14H2,(H,31,36)(H,32,37)(H,33,38)/t22-/m0/s1.